The fraction of sp³-hybridized carbons (Fsp3) is 0.333. The van der Waals surface area contributed by atoms with Crippen molar-refractivity contribution in [1.82, 2.24) is 9.78 Å². The van der Waals surface area contributed by atoms with Crippen LogP contribution in [0.25, 0.3) is 0 Å². The molecule has 1 N–H and O–H groups in total. The van der Waals surface area contributed by atoms with Crippen LogP contribution in [-0.2, 0) is 0 Å². The van der Waals surface area contributed by atoms with Crippen molar-refractivity contribution in [2.24, 2.45) is 0 Å². The molecule has 0 radical (unpaired) electrons. The Morgan fingerprint density at radius 3 is 2.81 bits per heavy atom. The fourth-order valence-electron chi connectivity index (χ4n) is 2.71. The number of rotatable bonds is 3. The molecule has 21 heavy (non-hydrogen) atoms. The average Bonchev–Trinajstić information content (AvgIpc) is 3.08. The largest absolute Gasteiger partial charge is 0.307 e. The highest BCUT2D eigenvalue weighted by atomic mass is 79.9. The lowest BCUT2D eigenvalue weighted by Crippen LogP contribution is -2.18. The van der Waals surface area contributed by atoms with Crippen LogP contribution in [0.15, 0.2) is 34.9 Å². The minimum Gasteiger partial charge on any atom is -0.307 e. The van der Waals surface area contributed by atoms with Crippen LogP contribution in [0.4, 0.5) is 10.2 Å². The van der Waals surface area contributed by atoms with Crippen LogP contribution in [0.3, 0.4) is 0 Å². The van der Waals surface area contributed by atoms with Crippen molar-refractivity contribution in [3.8, 4) is 0 Å². The highest BCUT2D eigenvalue weighted by Crippen LogP contribution is 2.31. The lowest BCUT2D eigenvalue weighted by Gasteiger charge is -2.15. The molecule has 1 amide bonds. The summed E-state index contributed by atoms with van der Waals surface area (Å²) < 4.78 is 15.4. The van der Waals surface area contributed by atoms with Gasteiger partial charge >= 0.3 is 0 Å². The summed E-state index contributed by atoms with van der Waals surface area (Å²) in [5.74, 6) is 0.0270. The van der Waals surface area contributed by atoms with E-state index >= 15 is 0 Å². The second-order valence-corrected chi connectivity index (χ2v) is 6.03. The van der Waals surface area contributed by atoms with Gasteiger partial charge in [0.05, 0.1) is 17.8 Å². The molecule has 1 fully saturated rings. The Hall–Kier alpha value is -1.69. The van der Waals surface area contributed by atoms with Crippen molar-refractivity contribution in [3.05, 3.63) is 46.3 Å². The molecule has 2 aromatic rings. The van der Waals surface area contributed by atoms with E-state index in [1.165, 1.54) is 31.0 Å². The van der Waals surface area contributed by atoms with Gasteiger partial charge in [0.2, 0.25) is 0 Å². The Bertz CT molecular complexity index is 665. The first-order chi connectivity index (χ1) is 10.1. The number of nitrogens with one attached hydrogen (secondary N) is 1. The number of benzene rings is 1. The first-order valence-electron chi connectivity index (χ1n) is 6.95. The van der Waals surface area contributed by atoms with Crippen molar-refractivity contribution in [3.63, 3.8) is 0 Å². The molecule has 1 saturated carbocycles. The predicted molar refractivity (Wildman–Crippen MR) is 81.8 cm³/mol. The summed E-state index contributed by atoms with van der Waals surface area (Å²) in [6.45, 7) is 0. The maximum Gasteiger partial charge on any atom is 0.257 e. The zero-order valence-corrected chi connectivity index (χ0v) is 12.9. The highest BCUT2D eigenvalue weighted by molar-refractivity contribution is 9.10. The summed E-state index contributed by atoms with van der Waals surface area (Å²) in [5, 5.41) is 7.16. The van der Waals surface area contributed by atoms with Gasteiger partial charge in [0.1, 0.15) is 11.6 Å². The summed E-state index contributed by atoms with van der Waals surface area (Å²) in [6.07, 6.45) is 6.26. The van der Waals surface area contributed by atoms with Crippen LogP contribution >= 0.6 is 15.9 Å². The van der Waals surface area contributed by atoms with Crippen LogP contribution in [0.1, 0.15) is 42.1 Å². The molecule has 1 aromatic heterocycles. The molecule has 6 heteroatoms. The van der Waals surface area contributed by atoms with E-state index in [9.17, 15) is 9.18 Å². The molecular weight excluding hydrogens is 337 g/mol. The third kappa shape index (κ3) is 3.00. The van der Waals surface area contributed by atoms with E-state index in [-0.39, 0.29) is 11.7 Å². The molecule has 0 aliphatic heterocycles. The van der Waals surface area contributed by atoms with Crippen LogP contribution in [0, 0.1) is 5.82 Å². The topological polar surface area (TPSA) is 46.9 Å². The molecule has 0 saturated heterocycles. The molecule has 0 unspecified atom stereocenters. The molecule has 1 heterocycles. The number of halogens is 2. The third-order valence-electron chi connectivity index (χ3n) is 3.76. The van der Waals surface area contributed by atoms with E-state index in [2.05, 4.69) is 26.3 Å². The Morgan fingerprint density at radius 2 is 2.10 bits per heavy atom. The standard InChI is InChI=1S/C15H15BrFN3O/c16-13-9-10(17)5-6-12(13)15(21)19-14-7-8-18-20(14)11-3-1-2-4-11/h5-9,11H,1-4H2,(H,19,21). The van der Waals surface area contributed by atoms with Crippen LogP contribution < -0.4 is 5.32 Å². The minimum atomic E-state index is -0.380. The molecule has 3 rings (SSSR count). The summed E-state index contributed by atoms with van der Waals surface area (Å²) in [4.78, 5) is 12.3. The van der Waals surface area contributed by atoms with Crippen molar-refractivity contribution >= 4 is 27.7 Å². The number of hydrogen-bond donors (Lipinski definition) is 1. The van der Waals surface area contributed by atoms with Crippen molar-refractivity contribution in [2.45, 2.75) is 31.7 Å². The average molecular weight is 352 g/mol. The van der Waals surface area contributed by atoms with Gasteiger partial charge in [0.25, 0.3) is 5.91 Å². The zero-order chi connectivity index (χ0) is 14.8. The van der Waals surface area contributed by atoms with Gasteiger partial charge in [-0.15, -0.1) is 0 Å². The van der Waals surface area contributed by atoms with Crippen LogP contribution in [-0.4, -0.2) is 15.7 Å². The minimum absolute atomic E-state index is 0.276. The summed E-state index contributed by atoms with van der Waals surface area (Å²) >= 11 is 3.21. The molecule has 110 valence electrons. The number of anilines is 1. The van der Waals surface area contributed by atoms with Crippen molar-refractivity contribution < 1.29 is 9.18 Å². The zero-order valence-electron chi connectivity index (χ0n) is 11.4. The van der Waals surface area contributed by atoms with Crippen molar-refractivity contribution in [1.29, 1.82) is 0 Å². The van der Waals surface area contributed by atoms with Gasteiger partial charge in [-0.25, -0.2) is 9.07 Å². The number of carbonyl (C=O) groups excluding carboxylic acids is 1. The van der Waals surface area contributed by atoms with E-state index in [1.807, 2.05) is 4.68 Å². The number of aromatic nitrogens is 2. The van der Waals surface area contributed by atoms with Crippen LogP contribution in [0.5, 0.6) is 0 Å². The van der Waals surface area contributed by atoms with Gasteiger partial charge < -0.3 is 5.32 Å². The highest BCUT2D eigenvalue weighted by Gasteiger charge is 2.21. The molecule has 0 spiro atoms. The SMILES string of the molecule is O=C(Nc1ccnn1C1CCCC1)c1ccc(F)cc1Br. The van der Waals surface area contributed by atoms with Gasteiger partial charge in [0.15, 0.2) is 0 Å². The quantitative estimate of drug-likeness (QED) is 0.902. The van der Waals surface area contributed by atoms with E-state index in [0.29, 0.717) is 21.9 Å². The number of carbonyl (C=O) groups is 1. The summed E-state index contributed by atoms with van der Waals surface area (Å²) in [7, 11) is 0. The molecule has 1 aromatic carbocycles. The van der Waals surface area contributed by atoms with Gasteiger partial charge in [0, 0.05) is 10.5 Å². The molecule has 0 bridgehead atoms. The van der Waals surface area contributed by atoms with E-state index < -0.39 is 0 Å². The third-order valence-corrected chi connectivity index (χ3v) is 4.41. The fourth-order valence-corrected chi connectivity index (χ4v) is 3.24. The molecule has 0 atom stereocenters. The maximum absolute atomic E-state index is 13.1. The lowest BCUT2D eigenvalue weighted by molar-refractivity contribution is 0.102. The lowest BCUT2D eigenvalue weighted by atomic mass is 10.2. The van der Waals surface area contributed by atoms with Crippen molar-refractivity contribution in [2.75, 3.05) is 5.32 Å². The summed E-state index contributed by atoms with van der Waals surface area (Å²) in [5.41, 5.74) is 0.399. The Kier molecular flexibility index (Phi) is 4.05. The maximum atomic E-state index is 13.1. The molecule has 1 aliphatic carbocycles. The van der Waals surface area contributed by atoms with E-state index in [1.54, 1.807) is 12.3 Å². The Labute approximate surface area is 130 Å². The van der Waals surface area contributed by atoms with Gasteiger partial charge in [-0.1, -0.05) is 12.8 Å². The predicted octanol–water partition coefficient (Wildman–Crippen LogP) is 4.15. The monoisotopic (exact) mass is 351 g/mol. The molecular formula is C15H15BrFN3O. The first kappa shape index (κ1) is 14.3. The second kappa shape index (κ2) is 5.97. The second-order valence-electron chi connectivity index (χ2n) is 5.18. The molecule has 1 aliphatic rings. The Morgan fingerprint density at radius 1 is 1.33 bits per heavy atom. The van der Waals surface area contributed by atoms with Gasteiger partial charge in [-0.05, 0) is 47.0 Å². The van der Waals surface area contributed by atoms with Gasteiger partial charge in [-0.3, -0.25) is 4.79 Å². The number of hydrogen-bond acceptors (Lipinski definition) is 2. The smallest absolute Gasteiger partial charge is 0.257 e. The number of amides is 1. The van der Waals surface area contributed by atoms with Crippen LogP contribution in [0.2, 0.25) is 0 Å². The Balaban J connectivity index is 1.80. The normalized spacial score (nSPS) is 15.3. The van der Waals surface area contributed by atoms with Gasteiger partial charge in [-0.2, -0.15) is 5.10 Å². The van der Waals surface area contributed by atoms with E-state index in [0.717, 1.165) is 12.8 Å². The first-order valence-corrected chi connectivity index (χ1v) is 7.74. The number of nitrogens with zero attached hydrogens (tertiary/aromatic N) is 2. The summed E-state index contributed by atoms with van der Waals surface area (Å²) in [6, 6.07) is 6.16. The van der Waals surface area contributed by atoms with E-state index in [4.69, 9.17) is 0 Å². The molecule has 4 nitrogen and oxygen atoms in total.